The van der Waals surface area contributed by atoms with Crippen LogP contribution in [-0.4, -0.2) is 51.6 Å². The molecule has 0 saturated carbocycles. The largest absolute Gasteiger partial charge is 0.378 e. The average molecular weight is 574 g/mol. The van der Waals surface area contributed by atoms with E-state index in [0.717, 1.165) is 33.3 Å². The lowest BCUT2D eigenvalue weighted by Gasteiger charge is -2.26. The molecule has 6 rings (SSSR count). The number of hydrogen-bond donors (Lipinski definition) is 2. The second kappa shape index (κ2) is 11.5. The number of nitrogens with one attached hydrogen (secondary N) is 2. The SMILES string of the molecule is C=C(C)c1ccc2c(=O)c(-c3cccc(-c4cc(Nc5ccc(C(=O)N6CCOCC6)cn5)c(=O)n(C)c4)c3)c[nH]c2c1. The first-order chi connectivity index (χ1) is 20.8. The lowest BCUT2D eigenvalue weighted by molar-refractivity contribution is 0.0302. The normalized spacial score (nSPS) is 13.2. The van der Waals surface area contributed by atoms with Gasteiger partial charge in [0.25, 0.3) is 11.5 Å². The maximum Gasteiger partial charge on any atom is 0.274 e. The van der Waals surface area contributed by atoms with Crippen molar-refractivity contribution in [1.29, 1.82) is 0 Å². The van der Waals surface area contributed by atoms with Crippen LogP contribution in [0.5, 0.6) is 0 Å². The molecule has 43 heavy (non-hydrogen) atoms. The number of aromatic nitrogens is 3. The van der Waals surface area contributed by atoms with Crippen molar-refractivity contribution in [3.8, 4) is 22.3 Å². The number of amides is 1. The highest BCUT2D eigenvalue weighted by atomic mass is 16.5. The number of benzene rings is 2. The smallest absolute Gasteiger partial charge is 0.274 e. The van der Waals surface area contributed by atoms with Crippen LogP contribution in [0.3, 0.4) is 0 Å². The summed E-state index contributed by atoms with van der Waals surface area (Å²) in [5.74, 6) is 0.348. The number of rotatable bonds is 6. The molecular formula is C34H31N5O4. The van der Waals surface area contributed by atoms with E-state index in [2.05, 4.69) is 21.9 Å². The van der Waals surface area contributed by atoms with Crippen LogP contribution in [0, 0.1) is 0 Å². The fourth-order valence-electron chi connectivity index (χ4n) is 5.21. The van der Waals surface area contributed by atoms with E-state index in [-0.39, 0.29) is 16.9 Å². The third-order valence-electron chi connectivity index (χ3n) is 7.64. The number of fused-ring (bicyclic) bond motifs is 1. The van der Waals surface area contributed by atoms with Crippen LogP contribution in [0.2, 0.25) is 0 Å². The molecule has 0 spiro atoms. The predicted octanol–water partition coefficient (Wildman–Crippen LogP) is 5.20. The number of aryl methyl sites for hydroxylation is 1. The van der Waals surface area contributed by atoms with Crippen molar-refractivity contribution in [2.45, 2.75) is 6.92 Å². The minimum absolute atomic E-state index is 0.0661. The third kappa shape index (κ3) is 5.62. The summed E-state index contributed by atoms with van der Waals surface area (Å²) < 4.78 is 6.83. The summed E-state index contributed by atoms with van der Waals surface area (Å²) in [6.45, 7) is 8.07. The van der Waals surface area contributed by atoms with Crippen LogP contribution < -0.4 is 16.3 Å². The molecule has 2 N–H and O–H groups in total. The molecule has 2 aromatic carbocycles. The average Bonchev–Trinajstić information content (AvgIpc) is 3.03. The van der Waals surface area contributed by atoms with Crippen molar-refractivity contribution >= 4 is 33.9 Å². The van der Waals surface area contributed by atoms with Crippen LogP contribution in [-0.2, 0) is 11.8 Å². The molecule has 5 aromatic rings. The van der Waals surface area contributed by atoms with Gasteiger partial charge in [0.2, 0.25) is 0 Å². The molecule has 1 saturated heterocycles. The molecular weight excluding hydrogens is 542 g/mol. The molecule has 1 amide bonds. The summed E-state index contributed by atoms with van der Waals surface area (Å²) in [4.78, 5) is 48.6. The van der Waals surface area contributed by atoms with Gasteiger partial charge in [-0.1, -0.05) is 36.4 Å². The van der Waals surface area contributed by atoms with Gasteiger partial charge in [0.15, 0.2) is 5.43 Å². The van der Waals surface area contributed by atoms with E-state index in [0.29, 0.717) is 54.3 Å². The number of morpholine rings is 1. The van der Waals surface area contributed by atoms with Gasteiger partial charge in [0.1, 0.15) is 11.5 Å². The van der Waals surface area contributed by atoms with Gasteiger partial charge in [-0.15, -0.1) is 0 Å². The van der Waals surface area contributed by atoms with Gasteiger partial charge in [0, 0.05) is 60.8 Å². The van der Waals surface area contributed by atoms with Gasteiger partial charge < -0.3 is 24.5 Å². The van der Waals surface area contributed by atoms with Crippen LogP contribution in [0.15, 0.2) is 95.4 Å². The Labute approximate surface area is 248 Å². The summed E-state index contributed by atoms with van der Waals surface area (Å²) in [6, 6.07) is 18.5. The van der Waals surface area contributed by atoms with E-state index in [1.807, 2.05) is 49.4 Å². The molecule has 9 heteroatoms. The van der Waals surface area contributed by atoms with Crippen LogP contribution in [0.4, 0.5) is 11.5 Å². The molecule has 4 heterocycles. The molecule has 216 valence electrons. The van der Waals surface area contributed by atoms with Gasteiger partial charge in [-0.2, -0.15) is 0 Å². The monoisotopic (exact) mass is 573 g/mol. The first-order valence-electron chi connectivity index (χ1n) is 14.0. The lowest BCUT2D eigenvalue weighted by atomic mass is 9.98. The Balaban J connectivity index is 1.28. The standard InChI is InChI=1S/C34H31N5O4/c1-21(2)22-7-9-27-29(16-22)35-19-28(32(27)40)24-6-4-5-23(15-24)26-17-30(34(42)38(3)20-26)37-31-10-8-25(18-36-31)33(41)39-11-13-43-14-12-39/h4-10,15-20H,1,11-14H2,2-3H3,(H,35,40)(H,36,37). The fraction of sp³-hybridized carbons (Fsp3) is 0.176. The molecule has 0 bridgehead atoms. The van der Waals surface area contributed by atoms with Gasteiger partial charge in [-0.3, -0.25) is 14.4 Å². The number of hydrogen-bond acceptors (Lipinski definition) is 6. The number of nitrogens with zero attached hydrogens (tertiary/aromatic N) is 3. The topological polar surface area (TPSA) is 109 Å². The zero-order valence-corrected chi connectivity index (χ0v) is 24.0. The third-order valence-corrected chi connectivity index (χ3v) is 7.64. The summed E-state index contributed by atoms with van der Waals surface area (Å²) in [7, 11) is 1.69. The Bertz CT molecular complexity index is 1990. The predicted molar refractivity (Wildman–Crippen MR) is 170 cm³/mol. The maximum absolute atomic E-state index is 13.4. The Morgan fingerprint density at radius 1 is 0.977 bits per heavy atom. The van der Waals surface area contributed by atoms with Crippen LogP contribution in [0.1, 0.15) is 22.8 Å². The molecule has 0 unspecified atom stereocenters. The van der Waals surface area contributed by atoms with E-state index < -0.39 is 0 Å². The summed E-state index contributed by atoms with van der Waals surface area (Å²) in [5, 5.41) is 3.71. The van der Waals surface area contributed by atoms with Crippen molar-refractivity contribution < 1.29 is 9.53 Å². The molecule has 1 aliphatic rings. The van der Waals surface area contributed by atoms with E-state index in [9.17, 15) is 14.4 Å². The highest BCUT2D eigenvalue weighted by Gasteiger charge is 2.19. The molecule has 9 nitrogen and oxygen atoms in total. The second-order valence-electron chi connectivity index (χ2n) is 10.7. The highest BCUT2D eigenvalue weighted by molar-refractivity contribution is 5.94. The zero-order valence-electron chi connectivity index (χ0n) is 24.0. The molecule has 0 aliphatic carbocycles. The first-order valence-corrected chi connectivity index (χ1v) is 14.0. The second-order valence-corrected chi connectivity index (χ2v) is 10.7. The molecule has 3 aromatic heterocycles. The minimum atomic E-state index is -0.227. The van der Waals surface area contributed by atoms with Crippen molar-refractivity contribution in [1.82, 2.24) is 19.4 Å². The first kappa shape index (κ1) is 27.9. The van der Waals surface area contributed by atoms with Crippen molar-refractivity contribution in [2.24, 2.45) is 7.05 Å². The van der Waals surface area contributed by atoms with Crippen molar-refractivity contribution in [2.75, 3.05) is 31.6 Å². The number of pyridine rings is 3. The number of carbonyl (C=O) groups is 1. The molecule has 0 radical (unpaired) electrons. The van der Waals surface area contributed by atoms with Crippen molar-refractivity contribution in [3.63, 3.8) is 0 Å². The number of carbonyl (C=O) groups excluding carboxylic acids is 1. The van der Waals surface area contributed by atoms with Gasteiger partial charge >= 0.3 is 0 Å². The van der Waals surface area contributed by atoms with E-state index in [1.54, 1.807) is 42.5 Å². The summed E-state index contributed by atoms with van der Waals surface area (Å²) in [5.41, 5.74) is 6.12. The highest BCUT2D eigenvalue weighted by Crippen LogP contribution is 2.27. The fourth-order valence-corrected chi connectivity index (χ4v) is 5.21. The van der Waals surface area contributed by atoms with Crippen LogP contribution >= 0.6 is 0 Å². The summed E-state index contributed by atoms with van der Waals surface area (Å²) in [6.07, 6.45) is 5.01. The van der Waals surface area contributed by atoms with Gasteiger partial charge in [-0.05, 0) is 60.0 Å². The minimum Gasteiger partial charge on any atom is -0.378 e. The van der Waals surface area contributed by atoms with Gasteiger partial charge in [0.05, 0.1) is 18.8 Å². The Hall–Kier alpha value is -5.28. The zero-order chi connectivity index (χ0) is 30.1. The molecule has 0 atom stereocenters. The Morgan fingerprint density at radius 2 is 1.74 bits per heavy atom. The Morgan fingerprint density at radius 3 is 2.49 bits per heavy atom. The number of aromatic amines is 1. The van der Waals surface area contributed by atoms with Gasteiger partial charge in [-0.25, -0.2) is 4.98 Å². The van der Waals surface area contributed by atoms with Crippen LogP contribution in [0.25, 0.3) is 38.7 Å². The van der Waals surface area contributed by atoms with E-state index >= 15 is 0 Å². The van der Waals surface area contributed by atoms with E-state index in [1.165, 1.54) is 10.8 Å². The molecule has 1 fully saturated rings. The number of allylic oxidation sites excluding steroid dienone is 1. The Kier molecular flexibility index (Phi) is 7.48. The maximum atomic E-state index is 13.4. The summed E-state index contributed by atoms with van der Waals surface area (Å²) >= 11 is 0. The quantitative estimate of drug-likeness (QED) is 0.289. The van der Waals surface area contributed by atoms with E-state index in [4.69, 9.17) is 4.74 Å². The number of H-pyrrole nitrogens is 1. The molecule has 1 aliphatic heterocycles. The van der Waals surface area contributed by atoms with Crippen molar-refractivity contribution in [3.05, 3.63) is 118 Å². The lowest BCUT2D eigenvalue weighted by Crippen LogP contribution is -2.40. The number of anilines is 2. The number of ether oxygens (including phenoxy) is 1.